The number of carbonyl (C=O) groups is 1. The molecular formula is C24H23N3O5. The zero-order valence-corrected chi connectivity index (χ0v) is 17.6. The van der Waals surface area contributed by atoms with Crippen LogP contribution in [0.3, 0.4) is 0 Å². The van der Waals surface area contributed by atoms with E-state index in [9.17, 15) is 4.79 Å². The third-order valence-electron chi connectivity index (χ3n) is 5.67. The molecule has 8 heteroatoms. The Hall–Kier alpha value is -3.49. The fraction of sp³-hybridized carbons (Fsp3) is 0.292. The third kappa shape index (κ3) is 4.02. The Bertz CT molecular complexity index is 1120. The van der Waals surface area contributed by atoms with Gasteiger partial charge in [0.1, 0.15) is 30.2 Å². The third-order valence-corrected chi connectivity index (χ3v) is 5.67. The molecule has 3 heterocycles. The monoisotopic (exact) mass is 433 g/mol. The first-order valence-electron chi connectivity index (χ1n) is 10.4. The summed E-state index contributed by atoms with van der Waals surface area (Å²) in [6, 6.07) is 17.2. The van der Waals surface area contributed by atoms with Crippen LogP contribution in [0.4, 0.5) is 0 Å². The van der Waals surface area contributed by atoms with Gasteiger partial charge in [0.2, 0.25) is 0 Å². The molecule has 0 aliphatic carbocycles. The van der Waals surface area contributed by atoms with Crippen LogP contribution >= 0.6 is 0 Å². The maximum absolute atomic E-state index is 12.6. The molecule has 2 aliphatic heterocycles. The normalized spacial score (nSPS) is 20.2. The van der Waals surface area contributed by atoms with E-state index in [0.717, 1.165) is 22.4 Å². The lowest BCUT2D eigenvalue weighted by atomic mass is 9.94. The van der Waals surface area contributed by atoms with Crippen molar-refractivity contribution in [2.45, 2.75) is 25.4 Å². The van der Waals surface area contributed by atoms with Gasteiger partial charge in [0, 0.05) is 0 Å². The summed E-state index contributed by atoms with van der Waals surface area (Å²) in [5.41, 5.74) is 4.11. The van der Waals surface area contributed by atoms with E-state index < -0.39 is 6.10 Å². The molecule has 2 aromatic carbocycles. The van der Waals surface area contributed by atoms with Crippen molar-refractivity contribution in [2.24, 2.45) is 0 Å². The highest BCUT2D eigenvalue weighted by atomic mass is 16.5. The number of benzene rings is 2. The molecule has 2 atom stereocenters. The molecule has 0 bridgehead atoms. The van der Waals surface area contributed by atoms with Gasteiger partial charge in [-0.2, -0.15) is 0 Å². The van der Waals surface area contributed by atoms with E-state index in [1.807, 2.05) is 60.8 Å². The first kappa shape index (κ1) is 20.4. The molecule has 0 saturated heterocycles. The Morgan fingerprint density at radius 2 is 1.91 bits per heavy atom. The fourth-order valence-corrected chi connectivity index (χ4v) is 4.01. The lowest BCUT2D eigenvalue weighted by Gasteiger charge is -2.24. The number of hydrogen-bond acceptors (Lipinski definition) is 7. The summed E-state index contributed by atoms with van der Waals surface area (Å²) < 4.78 is 24.2. The van der Waals surface area contributed by atoms with E-state index in [4.69, 9.17) is 18.9 Å². The molecule has 1 aromatic heterocycles. The second-order valence-corrected chi connectivity index (χ2v) is 7.69. The largest absolute Gasteiger partial charge is 0.497 e. The molecule has 5 rings (SSSR count). The Balaban J connectivity index is 1.31. The zero-order chi connectivity index (χ0) is 21.9. The lowest BCUT2D eigenvalue weighted by Crippen LogP contribution is -2.29. The van der Waals surface area contributed by atoms with Gasteiger partial charge >= 0.3 is 5.97 Å². The van der Waals surface area contributed by atoms with Gasteiger partial charge in [0.05, 0.1) is 38.7 Å². The van der Waals surface area contributed by atoms with Crippen molar-refractivity contribution >= 4 is 5.97 Å². The van der Waals surface area contributed by atoms with E-state index >= 15 is 0 Å². The summed E-state index contributed by atoms with van der Waals surface area (Å²) in [6.07, 6.45) is 1.36. The van der Waals surface area contributed by atoms with Gasteiger partial charge in [0.15, 0.2) is 0 Å². The molecule has 2 unspecified atom stereocenters. The molecule has 0 amide bonds. The van der Waals surface area contributed by atoms with Crippen LogP contribution in [-0.2, 0) is 32.2 Å². The van der Waals surface area contributed by atoms with E-state index in [2.05, 4.69) is 10.3 Å². The van der Waals surface area contributed by atoms with Crippen molar-refractivity contribution in [2.75, 3.05) is 20.3 Å². The highest BCUT2D eigenvalue weighted by molar-refractivity contribution is 5.92. The first-order valence-corrected chi connectivity index (χ1v) is 10.4. The van der Waals surface area contributed by atoms with Gasteiger partial charge in [-0.3, -0.25) is 0 Å². The molecule has 2 aliphatic rings. The number of nitrogens with zero attached hydrogens (tertiary/aromatic N) is 3. The molecule has 0 radical (unpaired) electrons. The number of ether oxygens (including phenoxy) is 4. The van der Waals surface area contributed by atoms with Gasteiger partial charge < -0.3 is 18.9 Å². The Morgan fingerprint density at radius 3 is 2.69 bits per heavy atom. The van der Waals surface area contributed by atoms with Crippen molar-refractivity contribution in [1.82, 2.24) is 15.0 Å². The van der Waals surface area contributed by atoms with Crippen LogP contribution in [0.25, 0.3) is 0 Å². The van der Waals surface area contributed by atoms with Crippen LogP contribution in [-0.4, -0.2) is 41.3 Å². The number of rotatable bonds is 7. The Kier molecular flexibility index (Phi) is 5.70. The Morgan fingerprint density at radius 1 is 1.09 bits per heavy atom. The van der Waals surface area contributed by atoms with E-state index in [-0.39, 0.29) is 18.6 Å². The van der Waals surface area contributed by atoms with Crippen LogP contribution < -0.4 is 4.74 Å². The predicted octanol–water partition coefficient (Wildman–Crippen LogP) is 3.17. The van der Waals surface area contributed by atoms with Crippen LogP contribution in [0, 0.1) is 0 Å². The summed E-state index contributed by atoms with van der Waals surface area (Å²) in [5.74, 6) is 0.399. The highest BCUT2D eigenvalue weighted by Gasteiger charge is 2.41. The topological polar surface area (TPSA) is 84.7 Å². The summed E-state index contributed by atoms with van der Waals surface area (Å²) in [6.45, 7) is 1.38. The van der Waals surface area contributed by atoms with Crippen LogP contribution in [0.1, 0.15) is 29.0 Å². The molecule has 0 saturated carbocycles. The average Bonchev–Trinajstić information content (AvgIpc) is 3.49. The van der Waals surface area contributed by atoms with Gasteiger partial charge in [-0.1, -0.05) is 47.7 Å². The molecule has 0 N–H and O–H groups in total. The van der Waals surface area contributed by atoms with Gasteiger partial charge in [-0.25, -0.2) is 9.48 Å². The molecule has 3 aromatic rings. The number of carbonyl (C=O) groups excluding carboxylic acids is 1. The summed E-state index contributed by atoms with van der Waals surface area (Å²) in [5, 5.41) is 8.48. The van der Waals surface area contributed by atoms with Crippen LogP contribution in [0.5, 0.6) is 5.75 Å². The van der Waals surface area contributed by atoms with Gasteiger partial charge in [-0.05, 0) is 28.8 Å². The number of aromatic nitrogens is 3. The van der Waals surface area contributed by atoms with E-state index in [0.29, 0.717) is 31.1 Å². The summed E-state index contributed by atoms with van der Waals surface area (Å²) in [4.78, 5) is 12.6. The van der Waals surface area contributed by atoms with Crippen molar-refractivity contribution in [3.05, 3.63) is 88.8 Å². The minimum absolute atomic E-state index is 0.198. The minimum atomic E-state index is -0.469. The second kappa shape index (κ2) is 8.94. The molecule has 0 fully saturated rings. The first-order chi connectivity index (χ1) is 15.7. The van der Waals surface area contributed by atoms with Crippen LogP contribution in [0.15, 0.2) is 71.9 Å². The highest BCUT2D eigenvalue weighted by Crippen LogP contribution is 2.42. The second-order valence-electron chi connectivity index (χ2n) is 7.69. The predicted molar refractivity (Wildman–Crippen MR) is 114 cm³/mol. The SMILES string of the molecule is COc1ccc(C2OCC3=C2C(=O)OCC3n2cc(COCc3ccccc3)nn2)cc1. The van der Waals surface area contributed by atoms with Crippen molar-refractivity contribution in [3.63, 3.8) is 0 Å². The molecule has 164 valence electrons. The molecule has 32 heavy (non-hydrogen) atoms. The molecule has 8 nitrogen and oxygen atoms in total. The lowest BCUT2D eigenvalue weighted by molar-refractivity contribution is -0.142. The minimum Gasteiger partial charge on any atom is -0.497 e. The van der Waals surface area contributed by atoms with E-state index in [1.54, 1.807) is 11.8 Å². The van der Waals surface area contributed by atoms with Crippen molar-refractivity contribution < 1.29 is 23.7 Å². The van der Waals surface area contributed by atoms with E-state index in [1.165, 1.54) is 0 Å². The number of methoxy groups -OCH3 is 1. The number of hydrogen-bond donors (Lipinski definition) is 0. The average molecular weight is 433 g/mol. The molecule has 0 spiro atoms. The van der Waals surface area contributed by atoms with Crippen molar-refractivity contribution in [1.29, 1.82) is 0 Å². The zero-order valence-electron chi connectivity index (χ0n) is 17.6. The van der Waals surface area contributed by atoms with Crippen molar-refractivity contribution in [3.8, 4) is 5.75 Å². The molecular weight excluding hydrogens is 410 g/mol. The fourth-order valence-electron chi connectivity index (χ4n) is 4.01. The maximum atomic E-state index is 12.6. The standard InChI is InChI=1S/C24H23N3O5/c1-29-19-9-7-17(8-10-19)23-22-20(14-31-23)21(15-32-24(22)28)27-11-18(25-26-27)13-30-12-16-5-3-2-4-6-16/h2-11,21,23H,12-15H2,1H3. The number of cyclic esters (lactones) is 1. The van der Waals surface area contributed by atoms with Gasteiger partial charge in [-0.15, -0.1) is 5.10 Å². The maximum Gasteiger partial charge on any atom is 0.337 e. The quantitative estimate of drug-likeness (QED) is 0.529. The summed E-state index contributed by atoms with van der Waals surface area (Å²) >= 11 is 0. The van der Waals surface area contributed by atoms with Gasteiger partial charge in [0.25, 0.3) is 0 Å². The smallest absolute Gasteiger partial charge is 0.337 e. The summed E-state index contributed by atoms with van der Waals surface area (Å²) in [7, 11) is 1.61. The number of esters is 1. The Labute approximate surface area is 185 Å². The van der Waals surface area contributed by atoms with Crippen LogP contribution in [0.2, 0.25) is 0 Å².